The minimum Gasteiger partial charge on any atom is -0.309 e. The highest BCUT2D eigenvalue weighted by Crippen LogP contribution is 2.50. The molecule has 0 spiro atoms. The summed E-state index contributed by atoms with van der Waals surface area (Å²) in [5.41, 5.74) is 21.2. The molecule has 0 fully saturated rings. The van der Waals surface area contributed by atoms with Gasteiger partial charge in [-0.2, -0.15) is 0 Å². The number of aromatic nitrogens is 2. The molecule has 2 heterocycles. The van der Waals surface area contributed by atoms with Gasteiger partial charge in [-0.15, -0.1) is 0 Å². The number of benzene rings is 7. The van der Waals surface area contributed by atoms with Crippen molar-refractivity contribution >= 4 is 21.8 Å². The number of rotatable bonds is 6. The molecule has 0 amide bonds. The van der Waals surface area contributed by atoms with E-state index in [1.54, 1.807) is 0 Å². The van der Waals surface area contributed by atoms with Crippen molar-refractivity contribution in [3.8, 4) is 45.0 Å². The Morgan fingerprint density at radius 3 is 1.61 bits per heavy atom. The second kappa shape index (κ2) is 12.8. The summed E-state index contributed by atoms with van der Waals surface area (Å²) in [7, 11) is 0. The van der Waals surface area contributed by atoms with Crippen LogP contribution in [0.2, 0.25) is 0 Å². The fourth-order valence-electron chi connectivity index (χ4n) is 9.64. The van der Waals surface area contributed by atoms with Gasteiger partial charge in [-0.1, -0.05) is 154 Å². The molecule has 0 N–H and O–H groups in total. The Kier molecular flexibility index (Phi) is 7.89. The molecule has 278 valence electrons. The molecule has 0 radical (unpaired) electrons. The Balaban J connectivity index is 1.22. The van der Waals surface area contributed by atoms with E-state index in [1.165, 1.54) is 100 Å². The fourth-order valence-corrected chi connectivity index (χ4v) is 9.64. The van der Waals surface area contributed by atoms with Crippen molar-refractivity contribution in [2.45, 2.75) is 59.3 Å². The van der Waals surface area contributed by atoms with Gasteiger partial charge in [0.15, 0.2) is 0 Å². The molecular weight excluding hydrogens is 689 g/mol. The van der Waals surface area contributed by atoms with E-state index < -0.39 is 0 Å². The van der Waals surface area contributed by atoms with Crippen LogP contribution < -0.4 is 0 Å². The molecule has 57 heavy (non-hydrogen) atoms. The van der Waals surface area contributed by atoms with Gasteiger partial charge in [-0.05, 0) is 119 Å². The molecule has 2 nitrogen and oxygen atoms in total. The molecule has 9 aromatic rings. The standard InChI is InChI=1S/C55H48N2/c1-35-19-23-38(24-20-35)50-29-40-32-53-41(31-52(40)56(50)43-15-12-14-42(33-43)54(4,5)47-17-10-8-13-37(47)3)30-51(39-25-21-36(2)22-26-39)57(53)44-27-28-46-45-16-9-11-18-48(45)55(6,7)49(46)34-44/h8-34H,1-7H3. The summed E-state index contributed by atoms with van der Waals surface area (Å²) in [6.07, 6.45) is 0. The second-order valence-corrected chi connectivity index (χ2v) is 17.3. The summed E-state index contributed by atoms with van der Waals surface area (Å²) in [5, 5.41) is 2.43. The average molecular weight is 737 g/mol. The van der Waals surface area contributed by atoms with Gasteiger partial charge in [-0.25, -0.2) is 0 Å². The number of hydrogen-bond donors (Lipinski definition) is 0. The topological polar surface area (TPSA) is 9.86 Å². The van der Waals surface area contributed by atoms with Crippen molar-refractivity contribution in [3.63, 3.8) is 0 Å². The molecule has 10 rings (SSSR count). The van der Waals surface area contributed by atoms with Crippen LogP contribution >= 0.6 is 0 Å². The van der Waals surface area contributed by atoms with Crippen LogP contribution in [0.15, 0.2) is 164 Å². The molecule has 0 saturated carbocycles. The lowest BCUT2D eigenvalue weighted by Gasteiger charge is -2.28. The van der Waals surface area contributed by atoms with Crippen LogP contribution in [-0.2, 0) is 10.8 Å². The third-order valence-corrected chi connectivity index (χ3v) is 12.9. The van der Waals surface area contributed by atoms with Crippen molar-refractivity contribution < 1.29 is 0 Å². The highest BCUT2D eigenvalue weighted by atomic mass is 15.0. The molecule has 7 aromatic carbocycles. The van der Waals surface area contributed by atoms with Crippen LogP contribution in [0, 0.1) is 20.8 Å². The molecule has 0 unspecified atom stereocenters. The van der Waals surface area contributed by atoms with Gasteiger partial charge in [0.05, 0.1) is 22.4 Å². The van der Waals surface area contributed by atoms with Crippen LogP contribution in [-0.4, -0.2) is 9.13 Å². The highest BCUT2D eigenvalue weighted by molar-refractivity contribution is 6.02. The average Bonchev–Trinajstić information content (AvgIpc) is 3.85. The zero-order valence-corrected chi connectivity index (χ0v) is 34.0. The van der Waals surface area contributed by atoms with E-state index in [1.807, 2.05) is 0 Å². The predicted molar refractivity (Wildman–Crippen MR) is 241 cm³/mol. The predicted octanol–water partition coefficient (Wildman–Crippen LogP) is 14.5. The van der Waals surface area contributed by atoms with Crippen molar-refractivity contribution in [2.75, 3.05) is 0 Å². The maximum atomic E-state index is 2.49. The number of fused-ring (bicyclic) bond motifs is 5. The first-order valence-corrected chi connectivity index (χ1v) is 20.3. The van der Waals surface area contributed by atoms with Crippen molar-refractivity contribution in [1.82, 2.24) is 9.13 Å². The number of nitrogens with zero attached hydrogens (tertiary/aromatic N) is 2. The van der Waals surface area contributed by atoms with E-state index in [0.29, 0.717) is 0 Å². The van der Waals surface area contributed by atoms with Crippen molar-refractivity contribution in [3.05, 3.63) is 203 Å². The van der Waals surface area contributed by atoms with Gasteiger partial charge in [0.1, 0.15) is 0 Å². The quantitative estimate of drug-likeness (QED) is 0.161. The molecule has 0 aliphatic heterocycles. The normalized spacial score (nSPS) is 13.3. The zero-order valence-electron chi connectivity index (χ0n) is 34.0. The van der Waals surface area contributed by atoms with Gasteiger partial charge < -0.3 is 9.13 Å². The molecule has 1 aliphatic rings. The summed E-state index contributed by atoms with van der Waals surface area (Å²) < 4.78 is 4.97. The maximum absolute atomic E-state index is 2.49. The summed E-state index contributed by atoms with van der Waals surface area (Å²) in [6, 6.07) is 61.6. The van der Waals surface area contributed by atoms with E-state index in [2.05, 4.69) is 221 Å². The van der Waals surface area contributed by atoms with Gasteiger partial charge >= 0.3 is 0 Å². The van der Waals surface area contributed by atoms with E-state index >= 15 is 0 Å². The summed E-state index contributed by atoms with van der Waals surface area (Å²) in [6.45, 7) is 16.0. The second-order valence-electron chi connectivity index (χ2n) is 17.3. The zero-order chi connectivity index (χ0) is 39.2. The molecule has 1 aliphatic carbocycles. The van der Waals surface area contributed by atoms with Crippen LogP contribution in [0.25, 0.3) is 66.8 Å². The first kappa shape index (κ1) is 35.1. The van der Waals surface area contributed by atoms with Crippen LogP contribution in [0.3, 0.4) is 0 Å². The largest absolute Gasteiger partial charge is 0.309 e. The van der Waals surface area contributed by atoms with Crippen LogP contribution in [0.4, 0.5) is 0 Å². The van der Waals surface area contributed by atoms with Crippen LogP contribution in [0.5, 0.6) is 0 Å². The van der Waals surface area contributed by atoms with Gasteiger partial charge in [0.25, 0.3) is 0 Å². The molecule has 2 aromatic heterocycles. The summed E-state index contributed by atoms with van der Waals surface area (Å²) in [4.78, 5) is 0. The SMILES string of the molecule is Cc1ccc(-c2cc3cc4c(cc(-c5ccc(C)cc5)n4-c4ccc5c(c4)C(C)(C)c4ccccc4-5)cc3n2-c2cccc(C(C)(C)c3ccccc3C)c2)cc1. The highest BCUT2D eigenvalue weighted by Gasteiger charge is 2.35. The minimum atomic E-state index is -0.173. The molecule has 0 saturated heterocycles. The third-order valence-electron chi connectivity index (χ3n) is 12.9. The maximum Gasteiger partial charge on any atom is 0.0542 e. The fraction of sp³-hybridized carbons (Fsp3) is 0.164. The summed E-state index contributed by atoms with van der Waals surface area (Å²) >= 11 is 0. The Morgan fingerprint density at radius 1 is 0.456 bits per heavy atom. The number of hydrogen-bond acceptors (Lipinski definition) is 0. The van der Waals surface area contributed by atoms with Gasteiger partial charge in [0.2, 0.25) is 0 Å². The van der Waals surface area contributed by atoms with Crippen molar-refractivity contribution in [1.29, 1.82) is 0 Å². The van der Waals surface area contributed by atoms with Gasteiger partial charge in [-0.3, -0.25) is 0 Å². The third kappa shape index (κ3) is 5.53. The van der Waals surface area contributed by atoms with E-state index in [4.69, 9.17) is 0 Å². The Hall–Kier alpha value is -6.38. The monoisotopic (exact) mass is 736 g/mol. The molecule has 0 atom stereocenters. The first-order chi connectivity index (χ1) is 27.5. The Bertz CT molecular complexity index is 3020. The lowest BCUT2D eigenvalue weighted by atomic mass is 9.76. The van der Waals surface area contributed by atoms with E-state index in [9.17, 15) is 0 Å². The van der Waals surface area contributed by atoms with E-state index in [0.717, 1.165) is 5.69 Å². The lowest BCUT2D eigenvalue weighted by Crippen LogP contribution is -2.20. The van der Waals surface area contributed by atoms with E-state index in [-0.39, 0.29) is 10.8 Å². The first-order valence-electron chi connectivity index (χ1n) is 20.3. The molecule has 2 heteroatoms. The van der Waals surface area contributed by atoms with Gasteiger partial charge in [0, 0.05) is 33.0 Å². The smallest absolute Gasteiger partial charge is 0.0542 e. The van der Waals surface area contributed by atoms with Crippen LogP contribution in [0.1, 0.15) is 66.6 Å². The minimum absolute atomic E-state index is 0.0926. The Labute approximate surface area is 336 Å². The summed E-state index contributed by atoms with van der Waals surface area (Å²) in [5.74, 6) is 0. The Morgan fingerprint density at radius 2 is 1.00 bits per heavy atom. The lowest BCUT2D eigenvalue weighted by molar-refractivity contribution is 0.635. The van der Waals surface area contributed by atoms with Crippen molar-refractivity contribution in [2.24, 2.45) is 0 Å². The molecule has 0 bridgehead atoms. The number of aryl methyl sites for hydroxylation is 3. The molecular formula is C55H48N2.